The van der Waals surface area contributed by atoms with Crippen LogP contribution in [0.4, 0.5) is 0 Å². The van der Waals surface area contributed by atoms with Crippen LogP contribution in [0.15, 0.2) is 4.47 Å². The summed E-state index contributed by atoms with van der Waals surface area (Å²) in [4.78, 5) is 11.2. The van der Waals surface area contributed by atoms with Gasteiger partial charge in [0.15, 0.2) is 0 Å². The number of rotatable bonds is 4. The second-order valence-corrected chi connectivity index (χ2v) is 4.39. The number of nitrogens with zero attached hydrogens (tertiary/aromatic N) is 2. The fourth-order valence-corrected chi connectivity index (χ4v) is 1.86. The Balaban J connectivity index is 2.64. The Labute approximate surface area is 103 Å². The van der Waals surface area contributed by atoms with Crippen molar-refractivity contribution in [1.82, 2.24) is 15.1 Å². The molecule has 0 amide bonds. The molecule has 90 valence electrons. The van der Waals surface area contributed by atoms with Gasteiger partial charge in [-0.2, -0.15) is 5.10 Å². The zero-order valence-electron chi connectivity index (χ0n) is 9.87. The van der Waals surface area contributed by atoms with E-state index in [1.54, 1.807) is 11.6 Å². The van der Waals surface area contributed by atoms with Crippen molar-refractivity contribution in [2.75, 3.05) is 7.11 Å². The fourth-order valence-electron chi connectivity index (χ4n) is 1.38. The number of methoxy groups -OCH3 is 1. The van der Waals surface area contributed by atoms with Crippen molar-refractivity contribution in [2.24, 2.45) is 7.05 Å². The Hall–Kier alpha value is -0.880. The molecule has 1 aromatic heterocycles. The van der Waals surface area contributed by atoms with Crippen LogP contribution in [0.5, 0.6) is 0 Å². The van der Waals surface area contributed by atoms with E-state index in [0.29, 0.717) is 6.54 Å². The van der Waals surface area contributed by atoms with Gasteiger partial charge in [-0.25, -0.2) is 0 Å². The Morgan fingerprint density at radius 1 is 1.69 bits per heavy atom. The number of aryl methyl sites for hydroxylation is 2. The number of hydrogen-bond donors (Lipinski definition) is 1. The number of nitrogens with one attached hydrogen (secondary N) is 1. The summed E-state index contributed by atoms with van der Waals surface area (Å²) in [6.07, 6.45) is 0. The molecule has 1 aromatic rings. The molecule has 0 aliphatic rings. The normalized spacial score (nSPS) is 12.6. The molecule has 0 aromatic carbocycles. The molecule has 0 saturated heterocycles. The average Bonchev–Trinajstić information content (AvgIpc) is 2.49. The molecular weight excluding hydrogens is 274 g/mol. The largest absolute Gasteiger partial charge is 0.468 e. The van der Waals surface area contributed by atoms with Gasteiger partial charge >= 0.3 is 5.97 Å². The van der Waals surface area contributed by atoms with Crippen molar-refractivity contribution in [3.63, 3.8) is 0 Å². The highest BCUT2D eigenvalue weighted by atomic mass is 79.9. The summed E-state index contributed by atoms with van der Waals surface area (Å²) >= 11 is 3.47. The van der Waals surface area contributed by atoms with E-state index in [0.717, 1.165) is 15.9 Å². The second kappa shape index (κ2) is 5.45. The maximum Gasteiger partial charge on any atom is 0.322 e. The lowest BCUT2D eigenvalue weighted by atomic mass is 10.3. The molecule has 1 N–H and O–H groups in total. The lowest BCUT2D eigenvalue weighted by molar-refractivity contribution is -0.142. The number of esters is 1. The van der Waals surface area contributed by atoms with Crippen LogP contribution in [-0.2, 0) is 23.1 Å². The zero-order valence-corrected chi connectivity index (χ0v) is 11.5. The van der Waals surface area contributed by atoms with Gasteiger partial charge in [0.1, 0.15) is 6.04 Å². The van der Waals surface area contributed by atoms with Crippen molar-refractivity contribution in [3.05, 3.63) is 15.9 Å². The van der Waals surface area contributed by atoms with E-state index >= 15 is 0 Å². The van der Waals surface area contributed by atoms with Crippen LogP contribution in [0.2, 0.25) is 0 Å². The topological polar surface area (TPSA) is 56.1 Å². The highest BCUT2D eigenvalue weighted by molar-refractivity contribution is 9.10. The standard InChI is InChI=1S/C10H16BrN3O2/c1-6-9(11)8(14(3)13-6)5-12-7(2)10(15)16-4/h7,12H,5H2,1-4H3. The quantitative estimate of drug-likeness (QED) is 0.845. The molecule has 0 radical (unpaired) electrons. The van der Waals surface area contributed by atoms with Crippen molar-refractivity contribution in [3.8, 4) is 0 Å². The molecule has 0 spiro atoms. The molecule has 16 heavy (non-hydrogen) atoms. The molecule has 0 fully saturated rings. The average molecular weight is 290 g/mol. The number of hydrogen-bond acceptors (Lipinski definition) is 4. The molecule has 1 atom stereocenters. The predicted molar refractivity (Wildman–Crippen MR) is 64.0 cm³/mol. The van der Waals surface area contributed by atoms with Crippen LogP contribution in [0.1, 0.15) is 18.3 Å². The summed E-state index contributed by atoms with van der Waals surface area (Å²) in [7, 11) is 3.25. The van der Waals surface area contributed by atoms with Crippen molar-refractivity contribution in [2.45, 2.75) is 26.4 Å². The first kappa shape index (κ1) is 13.2. The second-order valence-electron chi connectivity index (χ2n) is 3.60. The molecule has 0 bridgehead atoms. The lowest BCUT2D eigenvalue weighted by Gasteiger charge is -2.11. The third-order valence-electron chi connectivity index (χ3n) is 2.39. The molecule has 5 nitrogen and oxygen atoms in total. The monoisotopic (exact) mass is 289 g/mol. The molecule has 0 aliphatic carbocycles. The number of carbonyl (C=O) groups is 1. The first-order valence-corrected chi connectivity index (χ1v) is 5.75. The molecule has 1 heterocycles. The fraction of sp³-hybridized carbons (Fsp3) is 0.600. The first-order valence-electron chi connectivity index (χ1n) is 4.96. The molecule has 6 heteroatoms. The molecule has 1 unspecified atom stereocenters. The summed E-state index contributed by atoms with van der Waals surface area (Å²) in [5.41, 5.74) is 1.94. The Kier molecular flexibility index (Phi) is 4.49. The van der Waals surface area contributed by atoms with Crippen molar-refractivity contribution in [1.29, 1.82) is 0 Å². The van der Waals surface area contributed by atoms with Gasteiger partial charge in [-0.3, -0.25) is 14.8 Å². The van der Waals surface area contributed by atoms with E-state index < -0.39 is 0 Å². The predicted octanol–water partition coefficient (Wildman–Crippen LogP) is 1.14. The van der Waals surface area contributed by atoms with Gasteiger partial charge in [-0.1, -0.05) is 0 Å². The van der Waals surface area contributed by atoms with Crippen LogP contribution < -0.4 is 5.32 Å². The van der Waals surface area contributed by atoms with Gasteiger partial charge in [0.25, 0.3) is 0 Å². The van der Waals surface area contributed by atoms with E-state index in [2.05, 4.69) is 31.1 Å². The number of aromatic nitrogens is 2. The highest BCUT2D eigenvalue weighted by Crippen LogP contribution is 2.19. The zero-order chi connectivity index (χ0) is 12.3. The van der Waals surface area contributed by atoms with Crippen LogP contribution in [0.25, 0.3) is 0 Å². The molecule has 1 rings (SSSR count). The summed E-state index contributed by atoms with van der Waals surface area (Å²) in [6.45, 7) is 4.26. The van der Waals surface area contributed by atoms with Crippen LogP contribution in [0, 0.1) is 6.92 Å². The Morgan fingerprint density at radius 2 is 2.31 bits per heavy atom. The van der Waals surface area contributed by atoms with Crippen LogP contribution >= 0.6 is 15.9 Å². The Bertz CT molecular complexity index is 390. The van der Waals surface area contributed by atoms with Crippen molar-refractivity contribution >= 4 is 21.9 Å². The highest BCUT2D eigenvalue weighted by Gasteiger charge is 2.15. The summed E-state index contributed by atoms with van der Waals surface area (Å²) in [6, 6.07) is -0.327. The van der Waals surface area contributed by atoms with Crippen LogP contribution in [-0.4, -0.2) is 28.9 Å². The van der Waals surface area contributed by atoms with E-state index in [4.69, 9.17) is 0 Å². The van der Waals surface area contributed by atoms with Gasteiger partial charge in [0.05, 0.1) is 23.0 Å². The van der Waals surface area contributed by atoms with Crippen LogP contribution in [0.3, 0.4) is 0 Å². The molecule has 0 aliphatic heterocycles. The number of halogens is 1. The summed E-state index contributed by atoms with van der Waals surface area (Å²) in [5, 5.41) is 7.35. The van der Waals surface area contributed by atoms with Gasteiger partial charge in [0.2, 0.25) is 0 Å². The van der Waals surface area contributed by atoms with Crippen molar-refractivity contribution < 1.29 is 9.53 Å². The van der Waals surface area contributed by atoms with Gasteiger partial charge in [-0.15, -0.1) is 0 Å². The van der Waals surface area contributed by atoms with E-state index in [-0.39, 0.29) is 12.0 Å². The van der Waals surface area contributed by atoms with Gasteiger partial charge in [-0.05, 0) is 29.8 Å². The minimum Gasteiger partial charge on any atom is -0.468 e. The maximum atomic E-state index is 11.2. The molecule has 0 saturated carbocycles. The third-order valence-corrected chi connectivity index (χ3v) is 3.42. The Morgan fingerprint density at radius 3 is 2.75 bits per heavy atom. The SMILES string of the molecule is COC(=O)C(C)NCc1c(Br)c(C)nn1C. The van der Waals surface area contributed by atoms with Gasteiger partial charge < -0.3 is 4.74 Å². The first-order chi connectivity index (χ1) is 7.47. The minimum absolute atomic E-state index is 0.269. The maximum absolute atomic E-state index is 11.2. The minimum atomic E-state index is -0.327. The lowest BCUT2D eigenvalue weighted by Crippen LogP contribution is -2.34. The number of carbonyl (C=O) groups excluding carboxylic acids is 1. The number of ether oxygens (including phenoxy) is 1. The van der Waals surface area contributed by atoms with E-state index in [1.165, 1.54) is 7.11 Å². The smallest absolute Gasteiger partial charge is 0.322 e. The van der Waals surface area contributed by atoms with E-state index in [9.17, 15) is 4.79 Å². The third kappa shape index (κ3) is 2.82. The molecular formula is C10H16BrN3O2. The van der Waals surface area contributed by atoms with E-state index in [1.807, 2.05) is 14.0 Å². The van der Waals surface area contributed by atoms with Gasteiger partial charge in [0, 0.05) is 13.6 Å². The summed E-state index contributed by atoms with van der Waals surface area (Å²) < 4.78 is 7.39. The summed E-state index contributed by atoms with van der Waals surface area (Å²) in [5.74, 6) is -0.269.